The highest BCUT2D eigenvalue weighted by Gasteiger charge is 2.10. The zero-order valence-electron chi connectivity index (χ0n) is 15.5. The normalized spacial score (nSPS) is 11.2. The van der Waals surface area contributed by atoms with E-state index in [-0.39, 0.29) is 4.90 Å². The summed E-state index contributed by atoms with van der Waals surface area (Å²) in [6.45, 7) is 1.32. The van der Waals surface area contributed by atoms with E-state index in [4.69, 9.17) is 5.73 Å². The molecule has 0 aliphatic carbocycles. The quantitative estimate of drug-likeness (QED) is 0.495. The van der Waals surface area contributed by atoms with Crippen molar-refractivity contribution in [2.45, 2.75) is 11.3 Å². The monoisotopic (exact) mass is 398 g/mol. The standard InChI is InChI=1S/C19H22N6O2S/c1-28(26,27)15-6-2-5-14(13-15)24-19-23-12-8-17(25-19)16-7-3-10-21-18(16)22-11-4-9-20/h2-3,5-8,10,12-13H,4,9,11,20H2,1H3,(H,21,22)(H,23,24,25). The highest BCUT2D eigenvalue weighted by atomic mass is 32.2. The third kappa shape index (κ3) is 5.02. The summed E-state index contributed by atoms with van der Waals surface area (Å²) in [5, 5.41) is 6.32. The van der Waals surface area contributed by atoms with Crippen LogP contribution in [-0.4, -0.2) is 42.7 Å². The molecule has 2 aromatic heterocycles. The summed E-state index contributed by atoms with van der Waals surface area (Å²) in [7, 11) is -3.29. The molecule has 0 saturated heterocycles. The van der Waals surface area contributed by atoms with Crippen molar-refractivity contribution >= 4 is 27.3 Å². The van der Waals surface area contributed by atoms with E-state index >= 15 is 0 Å². The number of benzene rings is 1. The number of nitrogens with one attached hydrogen (secondary N) is 2. The fraction of sp³-hybridized carbons (Fsp3) is 0.211. The zero-order chi connectivity index (χ0) is 20.0. The molecule has 28 heavy (non-hydrogen) atoms. The lowest BCUT2D eigenvalue weighted by Crippen LogP contribution is -2.10. The Bertz CT molecular complexity index is 1060. The fourth-order valence-corrected chi connectivity index (χ4v) is 3.23. The van der Waals surface area contributed by atoms with Gasteiger partial charge in [-0.1, -0.05) is 6.07 Å². The first-order valence-corrected chi connectivity index (χ1v) is 10.7. The summed E-state index contributed by atoms with van der Waals surface area (Å²) in [6, 6.07) is 12.1. The molecule has 0 fully saturated rings. The van der Waals surface area contributed by atoms with Crippen molar-refractivity contribution in [1.82, 2.24) is 15.0 Å². The molecule has 0 aliphatic heterocycles. The molecule has 4 N–H and O–H groups in total. The van der Waals surface area contributed by atoms with Crippen LogP contribution >= 0.6 is 0 Å². The molecule has 1 aromatic carbocycles. The molecular weight excluding hydrogens is 376 g/mol. The van der Waals surface area contributed by atoms with E-state index in [9.17, 15) is 8.42 Å². The molecule has 3 rings (SSSR count). The van der Waals surface area contributed by atoms with Crippen LogP contribution in [0.15, 0.2) is 59.8 Å². The molecule has 0 radical (unpaired) electrons. The van der Waals surface area contributed by atoms with Gasteiger partial charge in [-0.25, -0.2) is 23.4 Å². The van der Waals surface area contributed by atoms with Crippen LogP contribution in [0.4, 0.5) is 17.5 Å². The van der Waals surface area contributed by atoms with Gasteiger partial charge in [0.1, 0.15) is 5.82 Å². The molecule has 3 aromatic rings. The molecule has 0 bridgehead atoms. The van der Waals surface area contributed by atoms with Gasteiger partial charge in [-0.2, -0.15) is 0 Å². The Labute approximate surface area is 164 Å². The van der Waals surface area contributed by atoms with Gasteiger partial charge in [0.15, 0.2) is 9.84 Å². The maximum atomic E-state index is 11.7. The second kappa shape index (κ2) is 8.77. The predicted octanol–water partition coefficient (Wildman–Crippen LogP) is 2.45. The van der Waals surface area contributed by atoms with Crippen molar-refractivity contribution < 1.29 is 8.42 Å². The summed E-state index contributed by atoms with van der Waals surface area (Å²) >= 11 is 0. The van der Waals surface area contributed by atoms with E-state index < -0.39 is 9.84 Å². The third-order valence-corrected chi connectivity index (χ3v) is 5.04. The molecular formula is C19H22N6O2S. The Morgan fingerprint density at radius 3 is 2.71 bits per heavy atom. The molecule has 0 amide bonds. The number of hydrogen-bond acceptors (Lipinski definition) is 8. The number of pyridine rings is 1. The second-order valence-electron chi connectivity index (χ2n) is 6.16. The Hall–Kier alpha value is -3.04. The molecule has 0 aliphatic rings. The van der Waals surface area contributed by atoms with Crippen molar-refractivity contribution in [2.24, 2.45) is 5.73 Å². The van der Waals surface area contributed by atoms with Gasteiger partial charge in [0.25, 0.3) is 0 Å². The maximum Gasteiger partial charge on any atom is 0.227 e. The van der Waals surface area contributed by atoms with Crippen LogP contribution in [0.1, 0.15) is 6.42 Å². The lowest BCUT2D eigenvalue weighted by molar-refractivity contribution is 0.602. The van der Waals surface area contributed by atoms with Crippen molar-refractivity contribution in [1.29, 1.82) is 0 Å². The number of sulfone groups is 1. The fourth-order valence-electron chi connectivity index (χ4n) is 2.56. The van der Waals surface area contributed by atoms with E-state index in [1.807, 2.05) is 12.1 Å². The number of aromatic nitrogens is 3. The predicted molar refractivity (Wildman–Crippen MR) is 110 cm³/mol. The minimum atomic E-state index is -3.29. The van der Waals surface area contributed by atoms with E-state index in [2.05, 4.69) is 25.6 Å². The number of nitrogens with zero attached hydrogens (tertiary/aromatic N) is 3. The van der Waals surface area contributed by atoms with Crippen molar-refractivity contribution in [2.75, 3.05) is 30.0 Å². The molecule has 9 heteroatoms. The summed E-state index contributed by atoms with van der Waals surface area (Å²) in [4.78, 5) is 13.4. The number of nitrogens with two attached hydrogens (primary N) is 1. The van der Waals surface area contributed by atoms with Gasteiger partial charge in [-0.15, -0.1) is 0 Å². The van der Waals surface area contributed by atoms with Gasteiger partial charge in [-0.05, 0) is 49.4 Å². The largest absolute Gasteiger partial charge is 0.369 e. The SMILES string of the molecule is CS(=O)(=O)c1cccc(Nc2nccc(-c3cccnc3NCCCN)n2)c1. The number of hydrogen-bond donors (Lipinski definition) is 3. The Morgan fingerprint density at radius 2 is 1.93 bits per heavy atom. The van der Waals surface area contributed by atoms with E-state index in [1.54, 1.807) is 42.7 Å². The summed E-state index contributed by atoms with van der Waals surface area (Å²) in [6.07, 6.45) is 5.36. The number of rotatable bonds is 8. The first-order valence-electron chi connectivity index (χ1n) is 8.77. The first-order chi connectivity index (χ1) is 13.5. The van der Waals surface area contributed by atoms with Crippen LogP contribution in [-0.2, 0) is 9.84 Å². The van der Waals surface area contributed by atoms with Crippen molar-refractivity contribution in [3.05, 3.63) is 54.9 Å². The molecule has 0 spiro atoms. The average Bonchev–Trinajstić information content (AvgIpc) is 2.68. The van der Waals surface area contributed by atoms with Crippen LogP contribution in [0, 0.1) is 0 Å². The van der Waals surface area contributed by atoms with E-state index in [0.717, 1.165) is 24.3 Å². The summed E-state index contributed by atoms with van der Waals surface area (Å²) in [5.41, 5.74) is 7.67. The van der Waals surface area contributed by atoms with Crippen molar-refractivity contribution in [3.63, 3.8) is 0 Å². The van der Waals surface area contributed by atoms with Gasteiger partial charge < -0.3 is 16.4 Å². The Balaban J connectivity index is 1.86. The second-order valence-corrected chi connectivity index (χ2v) is 8.17. The highest BCUT2D eigenvalue weighted by molar-refractivity contribution is 7.90. The molecule has 8 nitrogen and oxygen atoms in total. The minimum absolute atomic E-state index is 0.229. The minimum Gasteiger partial charge on any atom is -0.369 e. The van der Waals surface area contributed by atoms with E-state index in [1.165, 1.54) is 6.26 Å². The van der Waals surface area contributed by atoms with E-state index in [0.29, 0.717) is 23.9 Å². The third-order valence-electron chi connectivity index (χ3n) is 3.93. The van der Waals surface area contributed by atoms with Crippen LogP contribution in [0.25, 0.3) is 11.3 Å². The van der Waals surface area contributed by atoms with Gasteiger partial charge in [-0.3, -0.25) is 0 Å². The van der Waals surface area contributed by atoms with Crippen molar-refractivity contribution in [3.8, 4) is 11.3 Å². The lowest BCUT2D eigenvalue weighted by atomic mass is 10.2. The Morgan fingerprint density at radius 1 is 1.07 bits per heavy atom. The van der Waals surface area contributed by atoms with Crippen LogP contribution in [0.2, 0.25) is 0 Å². The topological polar surface area (TPSA) is 123 Å². The summed E-state index contributed by atoms with van der Waals surface area (Å²) in [5.74, 6) is 1.08. The molecule has 0 atom stereocenters. The molecule has 0 saturated carbocycles. The molecule has 2 heterocycles. The average molecular weight is 398 g/mol. The van der Waals surface area contributed by atoms with Gasteiger partial charge >= 0.3 is 0 Å². The highest BCUT2D eigenvalue weighted by Crippen LogP contribution is 2.25. The van der Waals surface area contributed by atoms with Crippen LogP contribution in [0.3, 0.4) is 0 Å². The van der Waals surface area contributed by atoms with Crippen LogP contribution in [0.5, 0.6) is 0 Å². The lowest BCUT2D eigenvalue weighted by Gasteiger charge is -2.11. The first kappa shape index (κ1) is 19.7. The van der Waals surface area contributed by atoms with Gasteiger partial charge in [0.05, 0.1) is 10.6 Å². The molecule has 0 unspecified atom stereocenters. The van der Waals surface area contributed by atoms with Crippen LogP contribution < -0.4 is 16.4 Å². The smallest absolute Gasteiger partial charge is 0.227 e. The van der Waals surface area contributed by atoms with Gasteiger partial charge in [0.2, 0.25) is 5.95 Å². The van der Waals surface area contributed by atoms with Gasteiger partial charge in [0, 0.05) is 36.4 Å². The zero-order valence-corrected chi connectivity index (χ0v) is 16.3. The summed E-state index contributed by atoms with van der Waals surface area (Å²) < 4.78 is 23.5. The maximum absolute atomic E-state index is 11.7. The molecule has 146 valence electrons. The number of anilines is 3. The Kier molecular flexibility index (Phi) is 6.17.